The molecule has 2 fully saturated rings. The van der Waals surface area contributed by atoms with E-state index in [0.717, 1.165) is 11.8 Å². The maximum absolute atomic E-state index is 13.1. The third-order valence-corrected chi connectivity index (χ3v) is 5.15. The number of hydrogen-bond donors (Lipinski definition) is 1. The van der Waals surface area contributed by atoms with Crippen molar-refractivity contribution in [3.05, 3.63) is 35.6 Å². The maximum atomic E-state index is 13.1. The van der Waals surface area contributed by atoms with Crippen LogP contribution in [0.5, 0.6) is 0 Å². The molecule has 2 heteroatoms. The standard InChI is InChI=1S/C18H26FN/c1-2-13-5-3-4-6-17(13)20-18(14-7-8-14)15-9-11-16(19)12-10-15/h9-14,17-18,20H,2-8H2,1H3. The second kappa shape index (κ2) is 6.26. The second-order valence-corrected chi connectivity index (χ2v) is 6.59. The molecule has 0 spiro atoms. The number of rotatable bonds is 5. The molecular formula is C18H26FN. The summed E-state index contributed by atoms with van der Waals surface area (Å²) in [6.45, 7) is 2.31. The summed E-state index contributed by atoms with van der Waals surface area (Å²) in [5.74, 6) is 1.46. The monoisotopic (exact) mass is 275 g/mol. The third kappa shape index (κ3) is 3.22. The predicted octanol–water partition coefficient (Wildman–Crippen LogP) is 4.84. The van der Waals surface area contributed by atoms with E-state index >= 15 is 0 Å². The summed E-state index contributed by atoms with van der Waals surface area (Å²) in [5.41, 5.74) is 1.27. The summed E-state index contributed by atoms with van der Waals surface area (Å²) in [6.07, 6.45) is 9.34. The van der Waals surface area contributed by atoms with Crippen molar-refractivity contribution in [1.29, 1.82) is 0 Å². The summed E-state index contributed by atoms with van der Waals surface area (Å²) in [6, 6.07) is 8.23. The lowest BCUT2D eigenvalue weighted by molar-refractivity contribution is 0.229. The van der Waals surface area contributed by atoms with Crippen LogP contribution in [0.2, 0.25) is 0 Å². The zero-order valence-electron chi connectivity index (χ0n) is 12.4. The molecule has 2 aliphatic carbocycles. The van der Waals surface area contributed by atoms with E-state index in [1.165, 1.54) is 50.5 Å². The van der Waals surface area contributed by atoms with Gasteiger partial charge in [0.05, 0.1) is 0 Å². The van der Waals surface area contributed by atoms with Crippen LogP contribution < -0.4 is 5.32 Å². The van der Waals surface area contributed by atoms with E-state index in [1.807, 2.05) is 12.1 Å². The molecule has 20 heavy (non-hydrogen) atoms. The minimum Gasteiger partial charge on any atom is -0.307 e. The van der Waals surface area contributed by atoms with Gasteiger partial charge < -0.3 is 5.32 Å². The highest BCUT2D eigenvalue weighted by atomic mass is 19.1. The first-order chi connectivity index (χ1) is 9.78. The Labute approximate surface area is 122 Å². The Bertz CT molecular complexity index is 424. The zero-order chi connectivity index (χ0) is 13.9. The Kier molecular flexibility index (Phi) is 4.40. The van der Waals surface area contributed by atoms with Crippen LogP contribution in [0.15, 0.2) is 24.3 Å². The molecule has 0 aliphatic heterocycles. The molecule has 0 bridgehead atoms. The van der Waals surface area contributed by atoms with Crippen molar-refractivity contribution in [3.8, 4) is 0 Å². The molecule has 0 heterocycles. The average Bonchev–Trinajstić information content (AvgIpc) is 3.31. The van der Waals surface area contributed by atoms with Crippen LogP contribution in [0, 0.1) is 17.7 Å². The van der Waals surface area contributed by atoms with E-state index in [-0.39, 0.29) is 5.82 Å². The smallest absolute Gasteiger partial charge is 0.123 e. The number of halogens is 1. The Balaban J connectivity index is 1.72. The van der Waals surface area contributed by atoms with Gasteiger partial charge in [-0.15, -0.1) is 0 Å². The number of benzene rings is 1. The van der Waals surface area contributed by atoms with Crippen LogP contribution in [0.4, 0.5) is 4.39 Å². The molecule has 3 rings (SSSR count). The summed E-state index contributed by atoms with van der Waals surface area (Å²) < 4.78 is 13.1. The van der Waals surface area contributed by atoms with Crippen LogP contribution in [0.25, 0.3) is 0 Å². The van der Waals surface area contributed by atoms with Crippen LogP contribution in [-0.4, -0.2) is 6.04 Å². The van der Waals surface area contributed by atoms with E-state index < -0.39 is 0 Å². The fourth-order valence-corrected chi connectivity index (χ4v) is 3.75. The average molecular weight is 275 g/mol. The minimum absolute atomic E-state index is 0.132. The second-order valence-electron chi connectivity index (χ2n) is 6.59. The largest absolute Gasteiger partial charge is 0.307 e. The van der Waals surface area contributed by atoms with Gasteiger partial charge in [0.25, 0.3) is 0 Å². The molecule has 2 saturated carbocycles. The highest BCUT2D eigenvalue weighted by Gasteiger charge is 2.35. The molecule has 1 nitrogen and oxygen atoms in total. The van der Waals surface area contributed by atoms with E-state index in [0.29, 0.717) is 12.1 Å². The molecule has 2 aliphatic rings. The van der Waals surface area contributed by atoms with Crippen molar-refractivity contribution in [2.24, 2.45) is 11.8 Å². The zero-order valence-corrected chi connectivity index (χ0v) is 12.4. The molecule has 0 amide bonds. The Morgan fingerprint density at radius 1 is 1.10 bits per heavy atom. The Morgan fingerprint density at radius 3 is 2.45 bits per heavy atom. The first-order valence-electron chi connectivity index (χ1n) is 8.29. The maximum Gasteiger partial charge on any atom is 0.123 e. The van der Waals surface area contributed by atoms with Crippen molar-refractivity contribution in [2.45, 2.75) is 64.0 Å². The van der Waals surface area contributed by atoms with Gasteiger partial charge in [-0.3, -0.25) is 0 Å². The molecule has 0 aromatic heterocycles. The van der Waals surface area contributed by atoms with Crippen molar-refractivity contribution in [1.82, 2.24) is 5.32 Å². The van der Waals surface area contributed by atoms with E-state index in [1.54, 1.807) is 12.1 Å². The summed E-state index contributed by atoms with van der Waals surface area (Å²) >= 11 is 0. The molecule has 0 saturated heterocycles. The molecule has 1 aromatic carbocycles. The van der Waals surface area contributed by atoms with Crippen LogP contribution in [0.1, 0.15) is 63.5 Å². The van der Waals surface area contributed by atoms with E-state index in [2.05, 4.69) is 12.2 Å². The third-order valence-electron chi connectivity index (χ3n) is 5.15. The highest BCUT2D eigenvalue weighted by Crippen LogP contribution is 2.42. The molecule has 3 atom stereocenters. The van der Waals surface area contributed by atoms with Crippen LogP contribution >= 0.6 is 0 Å². The normalized spacial score (nSPS) is 28.3. The fraction of sp³-hybridized carbons (Fsp3) is 0.667. The van der Waals surface area contributed by atoms with Crippen molar-refractivity contribution < 1.29 is 4.39 Å². The van der Waals surface area contributed by atoms with Crippen molar-refractivity contribution in [3.63, 3.8) is 0 Å². The van der Waals surface area contributed by atoms with Gasteiger partial charge in [-0.25, -0.2) is 4.39 Å². The van der Waals surface area contributed by atoms with Gasteiger partial charge in [-0.2, -0.15) is 0 Å². The highest BCUT2D eigenvalue weighted by molar-refractivity contribution is 5.22. The first-order valence-corrected chi connectivity index (χ1v) is 8.29. The molecule has 1 N–H and O–H groups in total. The van der Waals surface area contributed by atoms with Gasteiger partial charge in [0.2, 0.25) is 0 Å². The van der Waals surface area contributed by atoms with Gasteiger partial charge in [-0.1, -0.05) is 38.3 Å². The van der Waals surface area contributed by atoms with E-state index in [4.69, 9.17) is 0 Å². The Morgan fingerprint density at radius 2 is 1.80 bits per heavy atom. The fourth-order valence-electron chi connectivity index (χ4n) is 3.75. The Hall–Kier alpha value is -0.890. The molecule has 3 unspecified atom stereocenters. The summed E-state index contributed by atoms with van der Waals surface area (Å²) in [4.78, 5) is 0. The number of nitrogens with one attached hydrogen (secondary N) is 1. The SMILES string of the molecule is CCC1CCCCC1NC(c1ccc(F)cc1)C1CC1. The lowest BCUT2D eigenvalue weighted by Gasteiger charge is -2.35. The van der Waals surface area contributed by atoms with Gasteiger partial charge in [-0.05, 0) is 55.2 Å². The van der Waals surface area contributed by atoms with Crippen molar-refractivity contribution >= 4 is 0 Å². The lowest BCUT2D eigenvalue weighted by atomic mass is 9.82. The van der Waals surface area contributed by atoms with Gasteiger partial charge in [0.15, 0.2) is 0 Å². The van der Waals surface area contributed by atoms with Gasteiger partial charge in [0, 0.05) is 12.1 Å². The quantitative estimate of drug-likeness (QED) is 0.811. The van der Waals surface area contributed by atoms with Gasteiger partial charge >= 0.3 is 0 Å². The van der Waals surface area contributed by atoms with E-state index in [9.17, 15) is 4.39 Å². The van der Waals surface area contributed by atoms with Gasteiger partial charge in [0.1, 0.15) is 5.82 Å². The topological polar surface area (TPSA) is 12.0 Å². The first kappa shape index (κ1) is 14.1. The summed E-state index contributed by atoms with van der Waals surface area (Å²) in [5, 5.41) is 3.93. The van der Waals surface area contributed by atoms with Crippen LogP contribution in [0.3, 0.4) is 0 Å². The number of hydrogen-bond acceptors (Lipinski definition) is 1. The lowest BCUT2D eigenvalue weighted by Crippen LogP contribution is -2.41. The van der Waals surface area contributed by atoms with Crippen LogP contribution in [-0.2, 0) is 0 Å². The molecule has 110 valence electrons. The molecular weight excluding hydrogens is 249 g/mol. The molecule has 1 aromatic rings. The minimum atomic E-state index is -0.132. The van der Waals surface area contributed by atoms with Crippen molar-refractivity contribution in [2.75, 3.05) is 0 Å². The molecule has 0 radical (unpaired) electrons. The summed E-state index contributed by atoms with van der Waals surface area (Å²) in [7, 11) is 0. The predicted molar refractivity (Wildman–Crippen MR) is 81.0 cm³/mol.